The number of benzene rings is 1. The number of hydrogen-bond donors (Lipinski definition) is 1. The molecule has 1 aliphatic heterocycles. The Hall–Kier alpha value is -2.16. The second-order valence-corrected chi connectivity index (χ2v) is 5.82. The van der Waals surface area contributed by atoms with Crippen molar-refractivity contribution in [1.29, 1.82) is 0 Å². The number of amides is 2. The minimum Gasteiger partial charge on any atom is -0.340 e. The van der Waals surface area contributed by atoms with Gasteiger partial charge in [0.2, 0.25) is 11.8 Å². The van der Waals surface area contributed by atoms with Crippen LogP contribution in [0.4, 0.5) is 23.2 Å². The molecule has 0 aromatic heterocycles. The van der Waals surface area contributed by atoms with Gasteiger partial charge in [0, 0.05) is 44.8 Å². The smallest absolute Gasteiger partial charge is 0.340 e. The van der Waals surface area contributed by atoms with Crippen molar-refractivity contribution < 1.29 is 27.2 Å². The molecule has 5 nitrogen and oxygen atoms in total. The highest BCUT2D eigenvalue weighted by Crippen LogP contribution is 2.21. The number of carbonyl (C=O) groups excluding carboxylic acids is 2. The van der Waals surface area contributed by atoms with E-state index in [1.807, 2.05) is 4.90 Å². The Labute approximate surface area is 142 Å². The zero-order chi connectivity index (χ0) is 18.4. The third kappa shape index (κ3) is 6.69. The van der Waals surface area contributed by atoms with Crippen LogP contribution in [0.2, 0.25) is 0 Å². The monoisotopic (exact) mass is 361 g/mol. The van der Waals surface area contributed by atoms with Gasteiger partial charge in [-0.05, 0) is 18.2 Å². The Morgan fingerprint density at radius 3 is 2.40 bits per heavy atom. The third-order valence-corrected chi connectivity index (χ3v) is 3.84. The summed E-state index contributed by atoms with van der Waals surface area (Å²) in [4.78, 5) is 26.5. The van der Waals surface area contributed by atoms with Crippen LogP contribution in [-0.4, -0.2) is 60.5 Å². The number of hydrogen-bond acceptors (Lipinski definition) is 3. The van der Waals surface area contributed by atoms with Crippen LogP contribution >= 0.6 is 0 Å². The van der Waals surface area contributed by atoms with E-state index in [2.05, 4.69) is 5.32 Å². The van der Waals surface area contributed by atoms with E-state index in [4.69, 9.17) is 0 Å². The summed E-state index contributed by atoms with van der Waals surface area (Å²) in [5, 5.41) is 2.58. The van der Waals surface area contributed by atoms with E-state index in [1.54, 1.807) is 6.07 Å². The van der Waals surface area contributed by atoms with E-state index in [-0.39, 0.29) is 25.4 Å². The van der Waals surface area contributed by atoms with Gasteiger partial charge < -0.3 is 10.2 Å². The van der Waals surface area contributed by atoms with E-state index in [0.717, 1.165) is 0 Å². The molecule has 0 saturated carbocycles. The molecule has 1 N–H and O–H groups in total. The number of alkyl halides is 3. The van der Waals surface area contributed by atoms with Crippen molar-refractivity contribution in [2.45, 2.75) is 19.0 Å². The number of halogens is 4. The molecule has 1 aromatic rings. The van der Waals surface area contributed by atoms with Crippen LogP contribution in [0.5, 0.6) is 0 Å². The number of carbonyl (C=O) groups is 2. The molecule has 1 heterocycles. The summed E-state index contributed by atoms with van der Waals surface area (Å²) in [7, 11) is 0. The van der Waals surface area contributed by atoms with Crippen molar-refractivity contribution >= 4 is 17.5 Å². The normalized spacial score (nSPS) is 15.9. The highest BCUT2D eigenvalue weighted by atomic mass is 19.4. The summed E-state index contributed by atoms with van der Waals surface area (Å²) >= 11 is 0. The summed E-state index contributed by atoms with van der Waals surface area (Å²) in [6.07, 6.45) is -5.76. The van der Waals surface area contributed by atoms with Gasteiger partial charge >= 0.3 is 6.18 Å². The molecule has 0 spiro atoms. The van der Waals surface area contributed by atoms with Crippen LogP contribution < -0.4 is 5.32 Å². The molecule has 25 heavy (non-hydrogen) atoms. The predicted molar refractivity (Wildman–Crippen MR) is 83.3 cm³/mol. The van der Waals surface area contributed by atoms with Crippen molar-refractivity contribution in [1.82, 2.24) is 9.80 Å². The largest absolute Gasteiger partial charge is 0.397 e. The van der Waals surface area contributed by atoms with Crippen molar-refractivity contribution in [3.05, 3.63) is 30.1 Å². The highest BCUT2D eigenvalue weighted by molar-refractivity contribution is 5.90. The number of rotatable bonds is 5. The SMILES string of the molecule is O=C(CCN1CCN(C(=O)CC(F)(F)F)CC1)Nc1cccc(F)c1. The fourth-order valence-electron chi connectivity index (χ4n) is 2.55. The fourth-order valence-corrected chi connectivity index (χ4v) is 2.55. The number of nitrogens with one attached hydrogen (secondary N) is 1. The first kappa shape index (κ1) is 19.2. The van der Waals surface area contributed by atoms with Gasteiger partial charge in [-0.1, -0.05) is 6.07 Å². The lowest BCUT2D eigenvalue weighted by Crippen LogP contribution is -2.49. The number of anilines is 1. The summed E-state index contributed by atoms with van der Waals surface area (Å²) in [6.45, 7) is 1.66. The van der Waals surface area contributed by atoms with E-state index in [1.165, 1.54) is 23.1 Å². The zero-order valence-corrected chi connectivity index (χ0v) is 13.5. The number of piperazine rings is 1. The zero-order valence-electron chi connectivity index (χ0n) is 13.5. The van der Waals surface area contributed by atoms with E-state index in [9.17, 15) is 27.2 Å². The van der Waals surface area contributed by atoms with Crippen molar-refractivity contribution in [3.8, 4) is 0 Å². The second-order valence-electron chi connectivity index (χ2n) is 5.82. The van der Waals surface area contributed by atoms with Crippen LogP contribution in [0.1, 0.15) is 12.8 Å². The van der Waals surface area contributed by atoms with Crippen LogP contribution in [0.3, 0.4) is 0 Å². The molecular weight excluding hydrogens is 342 g/mol. The minimum atomic E-state index is -4.50. The lowest BCUT2D eigenvalue weighted by atomic mass is 10.2. The van der Waals surface area contributed by atoms with Gasteiger partial charge in [0.15, 0.2) is 0 Å². The molecule has 1 fully saturated rings. The first-order valence-corrected chi connectivity index (χ1v) is 7.85. The van der Waals surface area contributed by atoms with E-state index in [0.29, 0.717) is 25.3 Å². The van der Waals surface area contributed by atoms with Crippen LogP contribution in [0.25, 0.3) is 0 Å². The maximum Gasteiger partial charge on any atom is 0.397 e. The second kappa shape index (κ2) is 8.28. The predicted octanol–water partition coefficient (Wildman–Crippen LogP) is 2.25. The Bertz CT molecular complexity index is 614. The van der Waals surface area contributed by atoms with Gasteiger partial charge in [-0.3, -0.25) is 14.5 Å². The van der Waals surface area contributed by atoms with Crippen molar-refractivity contribution in [2.24, 2.45) is 0 Å². The molecule has 138 valence electrons. The number of nitrogens with zero attached hydrogens (tertiary/aromatic N) is 2. The Morgan fingerprint density at radius 1 is 1.12 bits per heavy atom. The maximum absolute atomic E-state index is 13.0. The fraction of sp³-hybridized carbons (Fsp3) is 0.500. The molecule has 2 rings (SSSR count). The van der Waals surface area contributed by atoms with Gasteiger partial charge in [0.25, 0.3) is 0 Å². The molecule has 0 aliphatic carbocycles. The van der Waals surface area contributed by atoms with Crippen LogP contribution in [0, 0.1) is 5.82 Å². The van der Waals surface area contributed by atoms with Gasteiger partial charge in [-0.25, -0.2) is 4.39 Å². The lowest BCUT2D eigenvalue weighted by molar-refractivity contribution is -0.162. The molecule has 9 heteroatoms. The lowest BCUT2D eigenvalue weighted by Gasteiger charge is -2.34. The quantitative estimate of drug-likeness (QED) is 0.819. The molecule has 1 aliphatic rings. The molecule has 2 amide bonds. The molecule has 1 saturated heterocycles. The first-order chi connectivity index (χ1) is 11.7. The van der Waals surface area contributed by atoms with Gasteiger partial charge in [0.05, 0.1) is 0 Å². The highest BCUT2D eigenvalue weighted by Gasteiger charge is 2.34. The van der Waals surface area contributed by atoms with Gasteiger partial charge in [0.1, 0.15) is 12.2 Å². The Balaban J connectivity index is 1.70. The average molecular weight is 361 g/mol. The van der Waals surface area contributed by atoms with Gasteiger partial charge in [-0.15, -0.1) is 0 Å². The van der Waals surface area contributed by atoms with E-state index < -0.39 is 24.3 Å². The summed E-state index contributed by atoms with van der Waals surface area (Å²) in [6, 6.07) is 5.55. The van der Waals surface area contributed by atoms with Crippen LogP contribution in [-0.2, 0) is 9.59 Å². The standard InChI is InChI=1S/C16H19F4N3O2/c17-12-2-1-3-13(10-12)21-14(24)4-5-22-6-8-23(9-7-22)15(25)11-16(18,19)20/h1-3,10H,4-9,11H2,(H,21,24). The topological polar surface area (TPSA) is 52.7 Å². The van der Waals surface area contributed by atoms with E-state index >= 15 is 0 Å². The molecule has 0 unspecified atom stereocenters. The first-order valence-electron chi connectivity index (χ1n) is 7.85. The maximum atomic E-state index is 13.0. The molecule has 1 aromatic carbocycles. The molecular formula is C16H19F4N3O2. The Morgan fingerprint density at radius 2 is 1.80 bits per heavy atom. The average Bonchev–Trinajstić information content (AvgIpc) is 2.52. The minimum absolute atomic E-state index is 0.174. The van der Waals surface area contributed by atoms with Crippen molar-refractivity contribution in [2.75, 3.05) is 38.0 Å². The molecule has 0 atom stereocenters. The summed E-state index contributed by atoms with van der Waals surface area (Å²) < 4.78 is 49.7. The van der Waals surface area contributed by atoms with Crippen LogP contribution in [0.15, 0.2) is 24.3 Å². The Kier molecular flexibility index (Phi) is 6.35. The third-order valence-electron chi connectivity index (χ3n) is 3.84. The molecule has 0 bridgehead atoms. The van der Waals surface area contributed by atoms with Gasteiger partial charge in [-0.2, -0.15) is 13.2 Å². The summed E-state index contributed by atoms with van der Waals surface area (Å²) in [5.74, 6) is -1.64. The van der Waals surface area contributed by atoms with Crippen molar-refractivity contribution in [3.63, 3.8) is 0 Å². The summed E-state index contributed by atoms with van der Waals surface area (Å²) in [5.41, 5.74) is 0.368. The molecule has 0 radical (unpaired) electrons.